The molecule has 150 valence electrons. The van der Waals surface area contributed by atoms with Gasteiger partial charge in [0.2, 0.25) is 5.82 Å². The van der Waals surface area contributed by atoms with Gasteiger partial charge < -0.3 is 19.2 Å². The highest BCUT2D eigenvalue weighted by Crippen LogP contribution is 2.38. The minimum absolute atomic E-state index is 0.0349. The zero-order valence-electron chi connectivity index (χ0n) is 16.3. The molecule has 5 rings (SSSR count). The number of carbonyl (C=O) groups excluding carboxylic acids is 1. The number of morpholine rings is 1. The molecule has 2 aliphatic rings. The predicted octanol–water partition coefficient (Wildman–Crippen LogP) is 3.03. The van der Waals surface area contributed by atoms with Gasteiger partial charge in [0.1, 0.15) is 11.2 Å². The first-order valence-electron chi connectivity index (χ1n) is 10.3. The lowest BCUT2D eigenvalue weighted by atomic mass is 9.84. The molecule has 0 radical (unpaired) electrons. The van der Waals surface area contributed by atoms with Gasteiger partial charge in [0.15, 0.2) is 0 Å². The molecule has 8 heteroatoms. The molecule has 1 aliphatic carbocycles. The van der Waals surface area contributed by atoms with E-state index < -0.39 is 0 Å². The largest absolute Gasteiger partial charge is 0.378 e. The van der Waals surface area contributed by atoms with Gasteiger partial charge in [0.05, 0.1) is 31.0 Å². The lowest BCUT2D eigenvalue weighted by molar-refractivity contribution is 0.0289. The van der Waals surface area contributed by atoms with Gasteiger partial charge in [-0.15, -0.1) is 0 Å². The highest BCUT2D eigenvalue weighted by atomic mass is 16.5. The number of H-pyrrole nitrogens is 1. The zero-order valence-corrected chi connectivity index (χ0v) is 16.3. The molecule has 2 fully saturated rings. The van der Waals surface area contributed by atoms with Gasteiger partial charge in [-0.1, -0.05) is 0 Å². The van der Waals surface area contributed by atoms with Gasteiger partial charge in [-0.05, 0) is 37.7 Å². The van der Waals surface area contributed by atoms with E-state index in [1.165, 1.54) is 0 Å². The third-order valence-electron chi connectivity index (χ3n) is 6.29. The molecule has 0 bridgehead atoms. The molecule has 1 N–H and O–H groups in total. The Kier molecular flexibility index (Phi) is 4.68. The van der Waals surface area contributed by atoms with E-state index in [1.807, 2.05) is 17.2 Å². The number of hydrogen-bond donors (Lipinski definition) is 1. The van der Waals surface area contributed by atoms with Crippen molar-refractivity contribution >= 4 is 28.0 Å². The Balaban J connectivity index is 1.60. The molecule has 3 aromatic rings. The van der Waals surface area contributed by atoms with Gasteiger partial charge in [0.25, 0.3) is 5.91 Å². The van der Waals surface area contributed by atoms with Crippen LogP contribution in [0.4, 0.5) is 0 Å². The summed E-state index contributed by atoms with van der Waals surface area (Å²) in [6.45, 7) is 2.31. The lowest BCUT2D eigenvalue weighted by Gasteiger charge is -2.31. The molecule has 0 aromatic carbocycles. The minimum Gasteiger partial charge on any atom is -0.378 e. The maximum atomic E-state index is 13.4. The molecule has 8 nitrogen and oxygen atoms in total. The summed E-state index contributed by atoms with van der Waals surface area (Å²) < 4.78 is 7.57. The highest BCUT2D eigenvalue weighted by molar-refractivity contribution is 6.04. The van der Waals surface area contributed by atoms with Crippen LogP contribution in [0.1, 0.15) is 48.8 Å². The van der Waals surface area contributed by atoms with Crippen molar-refractivity contribution in [3.05, 3.63) is 24.3 Å². The molecular weight excluding hydrogens is 368 g/mol. The molecule has 0 atom stereocenters. The Labute approximate surface area is 168 Å². The van der Waals surface area contributed by atoms with Gasteiger partial charge in [0, 0.05) is 37.1 Å². The van der Waals surface area contributed by atoms with E-state index in [-0.39, 0.29) is 11.9 Å². The Morgan fingerprint density at radius 3 is 2.83 bits per heavy atom. The fourth-order valence-electron chi connectivity index (χ4n) is 4.74. The fraction of sp³-hybridized carbons (Fsp3) is 0.524. The number of hydrogen-bond acceptors (Lipinski definition) is 5. The quantitative estimate of drug-likeness (QED) is 0.738. The van der Waals surface area contributed by atoms with Crippen LogP contribution in [-0.2, 0) is 4.74 Å². The number of carbonyl (C=O) groups is 1. The van der Waals surface area contributed by atoms with E-state index in [9.17, 15) is 4.79 Å². The molecule has 1 aliphatic heterocycles. The van der Waals surface area contributed by atoms with Crippen LogP contribution in [0.15, 0.2) is 18.5 Å². The van der Waals surface area contributed by atoms with Crippen LogP contribution < -0.4 is 0 Å². The van der Waals surface area contributed by atoms with Crippen molar-refractivity contribution in [2.75, 3.05) is 26.3 Å². The summed E-state index contributed by atoms with van der Waals surface area (Å²) in [7, 11) is 0. The summed E-state index contributed by atoms with van der Waals surface area (Å²) >= 11 is 0. The Morgan fingerprint density at radius 1 is 1.28 bits per heavy atom. The van der Waals surface area contributed by atoms with Gasteiger partial charge in [-0.2, -0.15) is 5.26 Å². The molecule has 1 amide bonds. The van der Waals surface area contributed by atoms with E-state index in [0.717, 1.165) is 47.8 Å². The molecule has 1 saturated heterocycles. The highest BCUT2D eigenvalue weighted by Gasteiger charge is 2.31. The summed E-state index contributed by atoms with van der Waals surface area (Å²) in [4.78, 5) is 27.6. The number of pyridine rings is 1. The third kappa shape index (κ3) is 3.15. The summed E-state index contributed by atoms with van der Waals surface area (Å²) in [5.41, 5.74) is 2.55. The van der Waals surface area contributed by atoms with Crippen molar-refractivity contribution in [2.24, 2.45) is 5.92 Å². The van der Waals surface area contributed by atoms with Gasteiger partial charge >= 0.3 is 0 Å². The van der Waals surface area contributed by atoms with Crippen molar-refractivity contribution < 1.29 is 9.53 Å². The number of fused-ring (bicyclic) bond motifs is 3. The number of nitrogens with one attached hydrogen (secondary N) is 1. The standard InChI is InChI=1S/C21H24N6O2/c22-7-5-14-1-3-15(4-2-14)27-18-16-6-8-23-19(16)24-13-17(18)25-20(27)21(28)26-9-11-29-12-10-26/h6,8,13-15H,1-5,9-12H2,(H,23,24). The number of aromatic nitrogens is 4. The Bertz CT molecular complexity index is 1080. The van der Waals surface area contributed by atoms with Crippen molar-refractivity contribution in [3.8, 4) is 6.07 Å². The van der Waals surface area contributed by atoms with E-state index in [1.54, 1.807) is 6.20 Å². The summed E-state index contributed by atoms with van der Waals surface area (Å²) in [6.07, 6.45) is 8.16. The van der Waals surface area contributed by atoms with Crippen LogP contribution in [0, 0.1) is 17.2 Å². The van der Waals surface area contributed by atoms with E-state index in [4.69, 9.17) is 15.0 Å². The molecule has 1 saturated carbocycles. The zero-order chi connectivity index (χ0) is 19.8. The van der Waals surface area contributed by atoms with Crippen LogP contribution in [0.25, 0.3) is 22.1 Å². The topological polar surface area (TPSA) is 99.8 Å². The lowest BCUT2D eigenvalue weighted by Crippen LogP contribution is -2.42. The smallest absolute Gasteiger partial charge is 0.290 e. The van der Waals surface area contributed by atoms with Crippen molar-refractivity contribution in [2.45, 2.75) is 38.1 Å². The molecule has 29 heavy (non-hydrogen) atoms. The summed E-state index contributed by atoms with van der Waals surface area (Å²) in [6, 6.07) is 4.52. The van der Waals surface area contributed by atoms with E-state index in [0.29, 0.717) is 44.5 Å². The number of amides is 1. The Morgan fingerprint density at radius 2 is 2.07 bits per heavy atom. The number of imidazole rings is 1. The fourth-order valence-corrected chi connectivity index (χ4v) is 4.74. The van der Waals surface area contributed by atoms with Crippen LogP contribution in [0.5, 0.6) is 0 Å². The molecule has 0 unspecified atom stereocenters. The summed E-state index contributed by atoms with van der Waals surface area (Å²) in [5, 5.41) is 10.0. The molecule has 3 aromatic heterocycles. The van der Waals surface area contributed by atoms with Gasteiger partial charge in [-0.3, -0.25) is 4.79 Å². The number of nitriles is 1. The van der Waals surface area contributed by atoms with Crippen LogP contribution >= 0.6 is 0 Å². The maximum Gasteiger partial charge on any atom is 0.290 e. The normalized spacial score (nSPS) is 22.8. The second kappa shape index (κ2) is 7.48. The van der Waals surface area contributed by atoms with Crippen LogP contribution in [0.3, 0.4) is 0 Å². The van der Waals surface area contributed by atoms with Gasteiger partial charge in [-0.25, -0.2) is 9.97 Å². The molecule has 4 heterocycles. The van der Waals surface area contributed by atoms with Crippen LogP contribution in [-0.4, -0.2) is 56.6 Å². The summed E-state index contributed by atoms with van der Waals surface area (Å²) in [5.74, 6) is 0.923. The second-order valence-corrected chi connectivity index (χ2v) is 7.98. The Hall–Kier alpha value is -2.92. The average molecular weight is 392 g/mol. The predicted molar refractivity (Wildman–Crippen MR) is 107 cm³/mol. The number of ether oxygens (including phenoxy) is 1. The van der Waals surface area contributed by atoms with Crippen molar-refractivity contribution in [1.82, 2.24) is 24.4 Å². The first kappa shape index (κ1) is 18.1. The SMILES string of the molecule is N#CCC1CCC(n2c(C(=O)N3CCOCC3)nc3cnc4[nH]ccc4c32)CC1. The third-order valence-corrected chi connectivity index (χ3v) is 6.29. The van der Waals surface area contributed by atoms with Crippen LogP contribution in [0.2, 0.25) is 0 Å². The monoisotopic (exact) mass is 392 g/mol. The minimum atomic E-state index is -0.0349. The number of nitrogens with zero attached hydrogens (tertiary/aromatic N) is 5. The first-order chi connectivity index (χ1) is 14.3. The van der Waals surface area contributed by atoms with E-state index in [2.05, 4.69) is 20.6 Å². The number of aromatic amines is 1. The first-order valence-corrected chi connectivity index (χ1v) is 10.3. The number of rotatable bonds is 3. The van der Waals surface area contributed by atoms with E-state index >= 15 is 0 Å². The maximum absolute atomic E-state index is 13.4. The average Bonchev–Trinajstić information content (AvgIpc) is 3.39. The molecular formula is C21H24N6O2. The van der Waals surface area contributed by atoms with Crippen molar-refractivity contribution in [3.63, 3.8) is 0 Å². The molecule has 0 spiro atoms. The van der Waals surface area contributed by atoms with Crippen molar-refractivity contribution in [1.29, 1.82) is 5.26 Å². The second-order valence-electron chi connectivity index (χ2n) is 7.98.